The van der Waals surface area contributed by atoms with E-state index in [0.29, 0.717) is 6.54 Å². The van der Waals surface area contributed by atoms with Gasteiger partial charge in [0.05, 0.1) is 6.42 Å². The van der Waals surface area contributed by atoms with Gasteiger partial charge < -0.3 is 9.64 Å². The number of rotatable bonds is 3. The molecule has 1 aliphatic heterocycles. The zero-order valence-electron chi connectivity index (χ0n) is 9.41. The molecule has 1 heterocycles. The van der Waals surface area contributed by atoms with E-state index in [2.05, 4.69) is 0 Å². The molecule has 0 bridgehead atoms. The lowest BCUT2D eigenvalue weighted by Crippen LogP contribution is -2.29. The van der Waals surface area contributed by atoms with Gasteiger partial charge in [0.1, 0.15) is 5.60 Å². The Kier molecular flexibility index (Phi) is 4.02. The molecule has 0 unspecified atom stereocenters. The molecule has 0 aliphatic carbocycles. The Bertz CT molecular complexity index is 260. The highest BCUT2D eigenvalue weighted by molar-refractivity contribution is 8.13. The van der Waals surface area contributed by atoms with Crippen LogP contribution in [0.4, 0.5) is 4.79 Å². The molecular weight excluding hydrogens is 214 g/mol. The largest absolute Gasteiger partial charge is 0.460 e. The van der Waals surface area contributed by atoms with Crippen molar-refractivity contribution >= 4 is 23.0 Å². The number of esters is 1. The first-order chi connectivity index (χ1) is 6.88. The molecule has 0 aromatic rings. The van der Waals surface area contributed by atoms with Gasteiger partial charge in [-0.05, 0) is 20.8 Å². The molecule has 0 spiro atoms. The maximum absolute atomic E-state index is 11.4. The Morgan fingerprint density at radius 1 is 1.53 bits per heavy atom. The van der Waals surface area contributed by atoms with Crippen molar-refractivity contribution in [1.82, 2.24) is 4.90 Å². The molecule has 0 saturated carbocycles. The molecule has 0 aromatic heterocycles. The van der Waals surface area contributed by atoms with Crippen LogP contribution in [-0.2, 0) is 9.53 Å². The van der Waals surface area contributed by atoms with Crippen LogP contribution in [0.2, 0.25) is 0 Å². The molecule has 1 aliphatic rings. The second-order valence-electron chi connectivity index (χ2n) is 4.44. The van der Waals surface area contributed by atoms with Crippen LogP contribution in [0.5, 0.6) is 0 Å². The lowest BCUT2D eigenvalue weighted by molar-refractivity contribution is -0.154. The van der Waals surface area contributed by atoms with E-state index in [-0.39, 0.29) is 17.6 Å². The summed E-state index contributed by atoms with van der Waals surface area (Å²) in [6.45, 7) is 6.72. The molecule has 1 amide bonds. The Hall–Kier alpha value is -0.710. The van der Waals surface area contributed by atoms with Crippen LogP contribution >= 0.6 is 11.8 Å². The van der Waals surface area contributed by atoms with Gasteiger partial charge in [-0.3, -0.25) is 9.59 Å². The quantitative estimate of drug-likeness (QED) is 0.696. The average molecular weight is 231 g/mol. The third-order valence-corrected chi connectivity index (χ3v) is 2.74. The number of amides is 1. The van der Waals surface area contributed by atoms with Gasteiger partial charge in [-0.1, -0.05) is 11.8 Å². The molecular formula is C10H17NO3S. The van der Waals surface area contributed by atoms with E-state index in [4.69, 9.17) is 4.74 Å². The maximum Gasteiger partial charge on any atom is 0.308 e. The SMILES string of the molecule is CC(C)(C)OC(=O)CCN1CCSC1=O. The Morgan fingerprint density at radius 2 is 2.20 bits per heavy atom. The molecule has 86 valence electrons. The van der Waals surface area contributed by atoms with Crippen molar-refractivity contribution in [2.75, 3.05) is 18.8 Å². The first-order valence-corrected chi connectivity index (χ1v) is 6.00. The van der Waals surface area contributed by atoms with E-state index >= 15 is 0 Å². The van der Waals surface area contributed by atoms with Crippen molar-refractivity contribution in [3.63, 3.8) is 0 Å². The molecule has 15 heavy (non-hydrogen) atoms. The van der Waals surface area contributed by atoms with E-state index in [0.717, 1.165) is 12.3 Å². The zero-order chi connectivity index (χ0) is 11.5. The predicted octanol–water partition coefficient (Wildman–Crippen LogP) is 1.89. The second-order valence-corrected chi connectivity index (χ2v) is 5.48. The van der Waals surface area contributed by atoms with E-state index in [9.17, 15) is 9.59 Å². The summed E-state index contributed by atoms with van der Waals surface area (Å²) in [5.41, 5.74) is -0.444. The van der Waals surface area contributed by atoms with Crippen LogP contribution in [0.15, 0.2) is 0 Å². The lowest BCUT2D eigenvalue weighted by atomic mass is 10.2. The van der Waals surface area contributed by atoms with Crippen molar-refractivity contribution < 1.29 is 14.3 Å². The van der Waals surface area contributed by atoms with Gasteiger partial charge in [-0.15, -0.1) is 0 Å². The number of nitrogens with zero attached hydrogens (tertiary/aromatic N) is 1. The summed E-state index contributed by atoms with van der Waals surface area (Å²) in [4.78, 5) is 24.3. The molecule has 1 fully saturated rings. The van der Waals surface area contributed by atoms with Crippen LogP contribution in [0.1, 0.15) is 27.2 Å². The minimum Gasteiger partial charge on any atom is -0.460 e. The topological polar surface area (TPSA) is 46.6 Å². The number of hydrogen-bond donors (Lipinski definition) is 0. The van der Waals surface area contributed by atoms with Crippen molar-refractivity contribution in [3.05, 3.63) is 0 Å². The summed E-state index contributed by atoms with van der Waals surface area (Å²) in [5.74, 6) is 0.583. The van der Waals surface area contributed by atoms with Crippen LogP contribution in [0.25, 0.3) is 0 Å². The smallest absolute Gasteiger partial charge is 0.308 e. The van der Waals surface area contributed by atoms with Gasteiger partial charge in [0.15, 0.2) is 0 Å². The van der Waals surface area contributed by atoms with Crippen LogP contribution in [0.3, 0.4) is 0 Å². The first-order valence-electron chi connectivity index (χ1n) is 5.02. The van der Waals surface area contributed by atoms with Crippen LogP contribution in [0, 0.1) is 0 Å². The Balaban J connectivity index is 2.25. The van der Waals surface area contributed by atoms with Gasteiger partial charge in [0.25, 0.3) is 5.24 Å². The summed E-state index contributed by atoms with van der Waals surface area (Å²) in [5, 5.41) is 0.0681. The maximum atomic E-state index is 11.4. The van der Waals surface area contributed by atoms with Gasteiger partial charge in [-0.25, -0.2) is 0 Å². The van der Waals surface area contributed by atoms with E-state index in [1.165, 1.54) is 11.8 Å². The first kappa shape index (κ1) is 12.4. The van der Waals surface area contributed by atoms with Gasteiger partial charge in [0, 0.05) is 18.8 Å². The summed E-state index contributed by atoms with van der Waals surface area (Å²) in [6, 6.07) is 0. The highest BCUT2D eigenvalue weighted by Gasteiger charge is 2.23. The fourth-order valence-electron chi connectivity index (χ4n) is 1.25. The molecule has 0 radical (unpaired) electrons. The standard InChI is InChI=1S/C10H17NO3S/c1-10(2,3)14-8(12)4-5-11-6-7-15-9(11)13/h4-7H2,1-3H3. The zero-order valence-corrected chi connectivity index (χ0v) is 10.2. The normalized spacial score (nSPS) is 17.0. The number of hydrogen-bond acceptors (Lipinski definition) is 4. The third kappa shape index (κ3) is 4.55. The molecule has 5 heteroatoms. The molecule has 4 nitrogen and oxygen atoms in total. The van der Waals surface area contributed by atoms with Crippen molar-refractivity contribution in [2.24, 2.45) is 0 Å². The summed E-state index contributed by atoms with van der Waals surface area (Å²) in [7, 11) is 0. The van der Waals surface area contributed by atoms with Gasteiger partial charge in [0.2, 0.25) is 0 Å². The monoisotopic (exact) mass is 231 g/mol. The second kappa shape index (κ2) is 4.88. The minimum atomic E-state index is -0.444. The van der Waals surface area contributed by atoms with E-state index in [1.54, 1.807) is 4.90 Å². The van der Waals surface area contributed by atoms with Crippen LogP contribution in [-0.4, -0.2) is 40.6 Å². The van der Waals surface area contributed by atoms with Crippen molar-refractivity contribution in [1.29, 1.82) is 0 Å². The molecule has 1 saturated heterocycles. The van der Waals surface area contributed by atoms with E-state index in [1.807, 2.05) is 20.8 Å². The third-order valence-electron chi connectivity index (χ3n) is 1.85. The number of thioether (sulfide) groups is 1. The minimum absolute atomic E-state index is 0.0681. The van der Waals surface area contributed by atoms with Gasteiger partial charge in [-0.2, -0.15) is 0 Å². The molecule has 1 rings (SSSR count). The summed E-state index contributed by atoms with van der Waals surface area (Å²) >= 11 is 1.31. The van der Waals surface area contributed by atoms with Crippen LogP contribution < -0.4 is 0 Å². The Morgan fingerprint density at radius 3 is 2.67 bits per heavy atom. The highest BCUT2D eigenvalue weighted by atomic mass is 32.2. The predicted molar refractivity (Wildman–Crippen MR) is 59.9 cm³/mol. The van der Waals surface area contributed by atoms with Gasteiger partial charge >= 0.3 is 5.97 Å². The highest BCUT2D eigenvalue weighted by Crippen LogP contribution is 2.17. The number of carbonyl (C=O) groups is 2. The Labute approximate surface area is 94.3 Å². The number of carbonyl (C=O) groups excluding carboxylic acids is 2. The van der Waals surface area contributed by atoms with Crippen molar-refractivity contribution in [2.45, 2.75) is 32.8 Å². The lowest BCUT2D eigenvalue weighted by Gasteiger charge is -2.20. The summed E-state index contributed by atoms with van der Waals surface area (Å²) < 4.78 is 5.15. The number of ether oxygens (including phenoxy) is 1. The van der Waals surface area contributed by atoms with Crippen molar-refractivity contribution in [3.8, 4) is 0 Å². The van der Waals surface area contributed by atoms with E-state index < -0.39 is 5.60 Å². The molecule has 0 N–H and O–H groups in total. The summed E-state index contributed by atoms with van der Waals surface area (Å²) in [6.07, 6.45) is 0.281. The fraction of sp³-hybridized carbons (Fsp3) is 0.800. The molecule has 0 aromatic carbocycles. The average Bonchev–Trinajstić information content (AvgIpc) is 2.44. The fourth-order valence-corrected chi connectivity index (χ4v) is 2.10. The molecule has 0 atom stereocenters.